The quantitative estimate of drug-likeness (QED) is 0.0654. The van der Waals surface area contributed by atoms with E-state index in [4.69, 9.17) is 39.4 Å². The summed E-state index contributed by atoms with van der Waals surface area (Å²) >= 11 is 0. The fourth-order valence-electron chi connectivity index (χ4n) is 5.67. The third kappa shape index (κ3) is 17.1. The topological polar surface area (TPSA) is 109 Å². The average molecular weight is 729 g/mol. The van der Waals surface area contributed by atoms with Crippen molar-refractivity contribution in [3.05, 3.63) is 0 Å². The summed E-state index contributed by atoms with van der Waals surface area (Å²) in [7, 11) is 0. The Hall–Kier alpha value is -3.18. The molecule has 2 rings (SSSR count). The Morgan fingerprint density at radius 3 is 0.673 bits per heavy atom. The molecule has 0 atom stereocenters. The van der Waals surface area contributed by atoms with E-state index >= 15 is 0 Å². The largest absolute Gasteiger partial charge is 0.460 e. The molecule has 0 bridgehead atoms. The van der Waals surface area contributed by atoms with E-state index in [-0.39, 0.29) is 13.2 Å². The van der Waals surface area contributed by atoms with Gasteiger partial charge >= 0.3 is 12.0 Å². The summed E-state index contributed by atoms with van der Waals surface area (Å²) in [5.74, 6) is 2.80. The number of hydrogen-bond acceptors (Lipinski definition) is 12. The Bertz CT molecular complexity index is 975. The second-order valence-electron chi connectivity index (χ2n) is 13.9. The maximum Gasteiger partial charge on any atom is 0.323 e. The van der Waals surface area contributed by atoms with Crippen LogP contribution in [0.5, 0.6) is 12.0 Å². The standard InChI is InChI=1S/C40H76N10O2/c1-9-17-25-47(26-18-10-2)35-41-36(48(27-19-11-3)28-20-12-4)44-39(43-35)51-33-34-52-40-45-37(49(29-21-13-5)30-22-14-6)42-38(46-40)50(31-23-15-7)32-24-16-8/h9-34H2,1-8H3. The minimum atomic E-state index is 0.262. The van der Waals surface area contributed by atoms with Gasteiger partial charge in [0, 0.05) is 52.4 Å². The first-order valence-corrected chi connectivity index (χ1v) is 21.2. The number of rotatable bonds is 33. The Kier molecular flexibility index (Phi) is 24.5. The Labute approximate surface area is 317 Å². The van der Waals surface area contributed by atoms with E-state index in [9.17, 15) is 0 Å². The number of unbranched alkanes of at least 4 members (excludes halogenated alkanes) is 8. The summed E-state index contributed by atoms with van der Waals surface area (Å²) < 4.78 is 12.5. The molecule has 0 unspecified atom stereocenters. The van der Waals surface area contributed by atoms with E-state index in [2.05, 4.69) is 75.0 Å². The van der Waals surface area contributed by atoms with Gasteiger partial charge in [-0.1, -0.05) is 107 Å². The lowest BCUT2D eigenvalue weighted by Crippen LogP contribution is -2.32. The van der Waals surface area contributed by atoms with Crippen molar-refractivity contribution in [3.8, 4) is 12.0 Å². The zero-order valence-corrected chi connectivity index (χ0v) is 34.7. The Balaban J connectivity index is 2.40. The molecule has 0 saturated carbocycles. The van der Waals surface area contributed by atoms with Gasteiger partial charge in [0.15, 0.2) is 0 Å². The van der Waals surface area contributed by atoms with Gasteiger partial charge in [-0.2, -0.15) is 29.9 Å². The van der Waals surface area contributed by atoms with E-state index in [1.54, 1.807) is 0 Å². The third-order valence-corrected chi connectivity index (χ3v) is 9.11. The van der Waals surface area contributed by atoms with Gasteiger partial charge in [0.2, 0.25) is 23.8 Å². The summed E-state index contributed by atoms with van der Waals surface area (Å²) in [6.07, 6.45) is 17.6. The van der Waals surface area contributed by atoms with Crippen molar-refractivity contribution < 1.29 is 9.47 Å². The summed E-state index contributed by atoms with van der Waals surface area (Å²) in [6, 6.07) is 0.680. The van der Waals surface area contributed by atoms with E-state index in [1.807, 2.05) is 0 Å². The molecule has 12 nitrogen and oxygen atoms in total. The van der Waals surface area contributed by atoms with Gasteiger partial charge in [-0.25, -0.2) is 0 Å². The molecule has 0 amide bonds. The van der Waals surface area contributed by atoms with Crippen LogP contribution >= 0.6 is 0 Å². The molecule has 298 valence electrons. The normalized spacial score (nSPS) is 11.2. The number of nitrogens with zero attached hydrogens (tertiary/aromatic N) is 10. The van der Waals surface area contributed by atoms with Crippen LogP contribution in [0.2, 0.25) is 0 Å². The van der Waals surface area contributed by atoms with Crippen LogP contribution in [0.1, 0.15) is 158 Å². The molecule has 2 heterocycles. The van der Waals surface area contributed by atoms with Crippen LogP contribution in [-0.2, 0) is 0 Å². The molecule has 0 aliphatic rings. The van der Waals surface area contributed by atoms with Gasteiger partial charge < -0.3 is 29.1 Å². The molecule has 12 heteroatoms. The Morgan fingerprint density at radius 2 is 0.500 bits per heavy atom. The summed E-state index contributed by atoms with van der Waals surface area (Å²) in [4.78, 5) is 38.7. The molecule has 0 aliphatic heterocycles. The molecular formula is C40H76N10O2. The van der Waals surface area contributed by atoms with E-state index in [0.29, 0.717) is 35.8 Å². The summed E-state index contributed by atoms with van der Waals surface area (Å²) in [6.45, 7) is 25.6. The molecule has 2 aromatic heterocycles. The lowest BCUT2D eigenvalue weighted by Gasteiger charge is -2.27. The van der Waals surface area contributed by atoms with E-state index in [0.717, 1.165) is 155 Å². The lowest BCUT2D eigenvalue weighted by atomic mass is 10.2. The van der Waals surface area contributed by atoms with E-state index < -0.39 is 0 Å². The Morgan fingerprint density at radius 1 is 0.308 bits per heavy atom. The van der Waals surface area contributed by atoms with Crippen molar-refractivity contribution in [1.29, 1.82) is 0 Å². The smallest absolute Gasteiger partial charge is 0.323 e. The second-order valence-corrected chi connectivity index (χ2v) is 13.9. The zero-order valence-electron chi connectivity index (χ0n) is 34.7. The van der Waals surface area contributed by atoms with Crippen LogP contribution in [-0.4, -0.2) is 95.5 Å². The summed E-state index contributed by atoms with van der Waals surface area (Å²) in [5, 5.41) is 0. The molecular weight excluding hydrogens is 653 g/mol. The maximum absolute atomic E-state index is 6.26. The van der Waals surface area contributed by atoms with Crippen molar-refractivity contribution in [2.45, 2.75) is 158 Å². The van der Waals surface area contributed by atoms with Crippen LogP contribution in [0.4, 0.5) is 23.8 Å². The highest BCUT2D eigenvalue weighted by Crippen LogP contribution is 2.22. The second kappa shape index (κ2) is 28.3. The lowest BCUT2D eigenvalue weighted by molar-refractivity contribution is 0.196. The molecule has 0 radical (unpaired) electrons. The number of ether oxygens (including phenoxy) is 2. The van der Waals surface area contributed by atoms with Gasteiger partial charge in [0.25, 0.3) is 0 Å². The molecule has 0 fully saturated rings. The predicted molar refractivity (Wildman–Crippen MR) is 219 cm³/mol. The number of aromatic nitrogens is 6. The van der Waals surface area contributed by atoms with Gasteiger partial charge in [-0.15, -0.1) is 0 Å². The van der Waals surface area contributed by atoms with Crippen molar-refractivity contribution in [3.63, 3.8) is 0 Å². The predicted octanol–water partition coefficient (Wildman–Crippen LogP) is 9.14. The minimum Gasteiger partial charge on any atom is -0.460 e. The SMILES string of the molecule is CCCCN(CCCC)c1nc(OCCOc2nc(N(CCCC)CCCC)nc(N(CCCC)CCCC)n2)nc(N(CCCC)CCCC)n1. The molecule has 0 saturated heterocycles. The minimum absolute atomic E-state index is 0.262. The highest BCUT2D eigenvalue weighted by Gasteiger charge is 2.20. The first-order valence-electron chi connectivity index (χ1n) is 21.2. The molecule has 0 aliphatic carbocycles. The van der Waals surface area contributed by atoms with Gasteiger partial charge in [-0.3, -0.25) is 0 Å². The van der Waals surface area contributed by atoms with Crippen LogP contribution in [0, 0.1) is 0 Å². The van der Waals surface area contributed by atoms with Crippen molar-refractivity contribution in [2.75, 3.05) is 85.2 Å². The molecule has 52 heavy (non-hydrogen) atoms. The van der Waals surface area contributed by atoms with E-state index in [1.165, 1.54) is 0 Å². The van der Waals surface area contributed by atoms with Gasteiger partial charge in [0.05, 0.1) is 0 Å². The highest BCUT2D eigenvalue weighted by molar-refractivity contribution is 5.41. The van der Waals surface area contributed by atoms with Crippen LogP contribution < -0.4 is 29.1 Å². The molecule has 2 aromatic rings. The highest BCUT2D eigenvalue weighted by atomic mass is 16.5. The van der Waals surface area contributed by atoms with Crippen molar-refractivity contribution in [1.82, 2.24) is 29.9 Å². The molecule has 0 N–H and O–H groups in total. The van der Waals surface area contributed by atoms with Gasteiger partial charge in [0.1, 0.15) is 13.2 Å². The monoisotopic (exact) mass is 729 g/mol. The van der Waals surface area contributed by atoms with Crippen molar-refractivity contribution >= 4 is 23.8 Å². The van der Waals surface area contributed by atoms with Crippen molar-refractivity contribution in [2.24, 2.45) is 0 Å². The molecule has 0 aromatic carbocycles. The van der Waals surface area contributed by atoms with Crippen LogP contribution in [0.25, 0.3) is 0 Å². The number of anilines is 4. The first kappa shape index (κ1) is 45.0. The number of hydrogen-bond donors (Lipinski definition) is 0. The first-order chi connectivity index (χ1) is 25.5. The average Bonchev–Trinajstić information content (AvgIpc) is 3.16. The van der Waals surface area contributed by atoms with Gasteiger partial charge in [-0.05, 0) is 51.4 Å². The van der Waals surface area contributed by atoms with Crippen LogP contribution in [0.3, 0.4) is 0 Å². The maximum atomic E-state index is 6.26. The fourth-order valence-corrected chi connectivity index (χ4v) is 5.67. The zero-order chi connectivity index (χ0) is 37.8. The van der Waals surface area contributed by atoms with Crippen LogP contribution in [0.15, 0.2) is 0 Å². The molecule has 0 spiro atoms. The fraction of sp³-hybridized carbons (Fsp3) is 0.850. The summed E-state index contributed by atoms with van der Waals surface area (Å²) in [5.41, 5.74) is 0. The third-order valence-electron chi connectivity index (χ3n) is 9.11.